The van der Waals surface area contributed by atoms with E-state index in [1.54, 1.807) is 0 Å². The Morgan fingerprint density at radius 3 is 1.08 bits per heavy atom. The Morgan fingerprint density at radius 1 is 0.378 bits per heavy atom. The van der Waals surface area contributed by atoms with Crippen LogP contribution >= 0.6 is 7.82 Å². The van der Waals surface area contributed by atoms with Crippen LogP contribution in [0.25, 0.3) is 0 Å². The summed E-state index contributed by atoms with van der Waals surface area (Å²) in [6.07, 6.45) is 60.6. The quantitative estimate of drug-likeness (QED) is 0.0197. The molecule has 0 bridgehead atoms. The summed E-state index contributed by atoms with van der Waals surface area (Å²) >= 11 is 0. The lowest BCUT2D eigenvalue weighted by atomic mass is 10.0. The van der Waals surface area contributed by atoms with Crippen molar-refractivity contribution in [2.75, 3.05) is 26.4 Å². The van der Waals surface area contributed by atoms with Crippen LogP contribution in [0.4, 0.5) is 0 Å². The number of esters is 3. The van der Waals surface area contributed by atoms with E-state index in [1.807, 2.05) is 0 Å². The van der Waals surface area contributed by atoms with Gasteiger partial charge >= 0.3 is 25.7 Å². The summed E-state index contributed by atoms with van der Waals surface area (Å²) in [5.41, 5.74) is 0. The molecule has 3 atom stereocenters. The Balaban J connectivity index is 4.67. The van der Waals surface area contributed by atoms with Crippen molar-refractivity contribution in [2.45, 2.75) is 303 Å². The fourth-order valence-electron chi connectivity index (χ4n) is 8.54. The van der Waals surface area contributed by atoms with E-state index in [9.17, 15) is 28.9 Å². The summed E-state index contributed by atoms with van der Waals surface area (Å²) in [6, 6.07) is 0. The molecule has 0 rings (SSSR count). The number of hydrogen-bond donors (Lipinski definition) is 2. The van der Waals surface area contributed by atoms with Crippen molar-refractivity contribution >= 4 is 25.7 Å². The van der Waals surface area contributed by atoms with E-state index >= 15 is 0 Å². The predicted octanol–water partition coefficient (Wildman–Crippen LogP) is 18.1. The highest BCUT2D eigenvalue weighted by Gasteiger charge is 2.28. The molecule has 0 amide bonds. The van der Waals surface area contributed by atoms with Gasteiger partial charge in [0.05, 0.1) is 19.8 Å². The van der Waals surface area contributed by atoms with Crippen molar-refractivity contribution in [3.63, 3.8) is 0 Å². The van der Waals surface area contributed by atoms with Crippen LogP contribution in [0, 0.1) is 0 Å². The molecule has 0 aromatic heterocycles. The predicted molar refractivity (Wildman–Crippen MR) is 307 cm³/mol. The van der Waals surface area contributed by atoms with E-state index in [1.165, 1.54) is 128 Å². The second kappa shape index (κ2) is 56.6. The van der Waals surface area contributed by atoms with Gasteiger partial charge in [-0.3, -0.25) is 23.4 Å². The van der Waals surface area contributed by atoms with Gasteiger partial charge in [-0.05, 0) is 77.0 Å². The summed E-state index contributed by atoms with van der Waals surface area (Å²) in [6.45, 7) is 4.58. The molecule has 0 aliphatic heterocycles. The lowest BCUT2D eigenvalue weighted by molar-refractivity contribution is -0.161. The zero-order valence-electron chi connectivity index (χ0n) is 47.8. The third kappa shape index (κ3) is 54.2. The molecule has 74 heavy (non-hydrogen) atoms. The summed E-state index contributed by atoms with van der Waals surface area (Å²) in [5.74, 6) is -1.47. The van der Waals surface area contributed by atoms with Crippen LogP contribution < -0.4 is 0 Å². The summed E-state index contributed by atoms with van der Waals surface area (Å²) in [5, 5.41) is 9.83. The molecule has 0 spiro atoms. The number of allylic oxidation sites excluding steroid dienone is 8. The lowest BCUT2D eigenvalue weighted by Crippen LogP contribution is -2.30. The van der Waals surface area contributed by atoms with Gasteiger partial charge in [0, 0.05) is 19.3 Å². The van der Waals surface area contributed by atoms with Gasteiger partial charge in [-0.1, -0.05) is 243 Å². The van der Waals surface area contributed by atoms with Gasteiger partial charge in [0.25, 0.3) is 0 Å². The van der Waals surface area contributed by atoms with Crippen molar-refractivity contribution in [3.05, 3.63) is 48.6 Å². The minimum Gasteiger partial charge on any atom is -0.462 e. The van der Waals surface area contributed by atoms with Crippen LogP contribution in [0.3, 0.4) is 0 Å². The fraction of sp³-hybridized carbons (Fsp3) is 0.823. The largest absolute Gasteiger partial charge is 0.472 e. The first-order valence-electron chi connectivity index (χ1n) is 30.5. The minimum absolute atomic E-state index is 0.157. The highest BCUT2D eigenvalue weighted by Crippen LogP contribution is 2.43. The van der Waals surface area contributed by atoms with Crippen LogP contribution in [0.2, 0.25) is 0 Å². The van der Waals surface area contributed by atoms with Gasteiger partial charge in [0.1, 0.15) is 12.7 Å². The van der Waals surface area contributed by atoms with Gasteiger partial charge < -0.3 is 24.2 Å². The average molecular weight is 1070 g/mol. The molecule has 0 aromatic carbocycles. The van der Waals surface area contributed by atoms with E-state index in [0.29, 0.717) is 19.3 Å². The highest BCUT2D eigenvalue weighted by molar-refractivity contribution is 7.47. The standard InChI is InChI=1S/C62H113O11P/c1-4-7-10-13-16-19-22-25-27-29-31-34-37-40-43-46-49-52-61(65)72-58(54-63)56-70-74(67,68)71-57-59(55-69-60(64)51-48-45-42-39-36-33-24-21-18-15-12-9-6-3)73-62(66)53-50-47-44-41-38-35-32-30-28-26-23-20-17-14-11-8-5-2/h12,15,17,20-21,24,26,28,58-59,63H,4-11,13-14,16,18-19,22-23,25,27,29-57H2,1-3H3,(H,67,68)/b15-12-,20-17-,24-21-,28-26-. The number of aliphatic hydroxyl groups is 1. The van der Waals surface area contributed by atoms with E-state index in [0.717, 1.165) is 103 Å². The summed E-state index contributed by atoms with van der Waals surface area (Å²) in [4.78, 5) is 48.6. The number of carbonyl (C=O) groups is 3. The normalized spacial score (nSPS) is 13.6. The first kappa shape index (κ1) is 71.4. The molecule has 0 saturated heterocycles. The zero-order chi connectivity index (χ0) is 54.1. The first-order valence-corrected chi connectivity index (χ1v) is 32.0. The number of phosphoric ester groups is 1. The Labute approximate surface area is 453 Å². The van der Waals surface area contributed by atoms with Crippen LogP contribution in [-0.2, 0) is 42.2 Å². The zero-order valence-corrected chi connectivity index (χ0v) is 48.7. The minimum atomic E-state index is -4.75. The Hall–Kier alpha value is -2.56. The van der Waals surface area contributed by atoms with Gasteiger partial charge in [-0.15, -0.1) is 0 Å². The molecule has 0 fully saturated rings. The van der Waals surface area contributed by atoms with Crippen molar-refractivity contribution in [3.8, 4) is 0 Å². The summed E-state index contributed by atoms with van der Waals surface area (Å²) in [7, 11) is -4.75. The number of carbonyl (C=O) groups excluding carboxylic acids is 3. The molecule has 0 saturated carbocycles. The molecule has 11 nitrogen and oxygen atoms in total. The van der Waals surface area contributed by atoms with Gasteiger partial charge in [0.15, 0.2) is 6.10 Å². The van der Waals surface area contributed by atoms with E-state index in [4.69, 9.17) is 23.3 Å². The maximum atomic E-state index is 12.9. The Morgan fingerprint density at radius 2 is 0.689 bits per heavy atom. The van der Waals surface area contributed by atoms with Crippen LogP contribution in [0.1, 0.15) is 290 Å². The molecule has 0 aliphatic carbocycles. The van der Waals surface area contributed by atoms with Crippen LogP contribution in [-0.4, -0.2) is 66.5 Å². The maximum absolute atomic E-state index is 12.9. The lowest BCUT2D eigenvalue weighted by Gasteiger charge is -2.21. The molecule has 432 valence electrons. The third-order valence-corrected chi connectivity index (χ3v) is 14.2. The number of phosphoric acid groups is 1. The number of unbranched alkanes of at least 4 members (excludes halogenated alkanes) is 32. The molecular formula is C62H113O11P. The monoisotopic (exact) mass is 1060 g/mol. The van der Waals surface area contributed by atoms with E-state index in [2.05, 4.69) is 69.4 Å². The van der Waals surface area contributed by atoms with Crippen molar-refractivity contribution < 1.29 is 52.2 Å². The van der Waals surface area contributed by atoms with Gasteiger partial charge in [-0.25, -0.2) is 4.57 Å². The van der Waals surface area contributed by atoms with Crippen LogP contribution in [0.5, 0.6) is 0 Å². The van der Waals surface area contributed by atoms with Crippen LogP contribution in [0.15, 0.2) is 48.6 Å². The summed E-state index contributed by atoms with van der Waals surface area (Å²) < 4.78 is 39.6. The number of hydrogen-bond acceptors (Lipinski definition) is 10. The molecule has 0 radical (unpaired) electrons. The number of aliphatic hydroxyl groups excluding tert-OH is 1. The van der Waals surface area contributed by atoms with E-state index < -0.39 is 57.8 Å². The Kier molecular flexibility index (Phi) is 54.7. The van der Waals surface area contributed by atoms with Crippen molar-refractivity contribution in [1.29, 1.82) is 0 Å². The Bertz CT molecular complexity index is 1430. The smallest absolute Gasteiger partial charge is 0.462 e. The molecule has 3 unspecified atom stereocenters. The number of rotatable bonds is 57. The first-order chi connectivity index (χ1) is 36.2. The van der Waals surface area contributed by atoms with E-state index in [-0.39, 0.29) is 25.9 Å². The number of ether oxygens (including phenoxy) is 3. The van der Waals surface area contributed by atoms with Crippen molar-refractivity contribution in [2.24, 2.45) is 0 Å². The van der Waals surface area contributed by atoms with Gasteiger partial charge in [-0.2, -0.15) is 0 Å². The SMILES string of the molecule is CCC/C=C\C/C=C\CCCCCCCC(=O)OCC(COP(=O)(O)OCC(CO)OC(=O)CCCCCCCCCCCCCCCCCCC)OC(=O)CCCCCCCCC/C=C\C/C=C\CCCCC. The fourth-order valence-corrected chi connectivity index (χ4v) is 9.33. The second-order valence-corrected chi connectivity index (χ2v) is 22.0. The molecular weight excluding hydrogens is 952 g/mol. The topological polar surface area (TPSA) is 155 Å². The molecule has 2 N–H and O–H groups in total. The highest BCUT2D eigenvalue weighted by atomic mass is 31.2. The second-order valence-electron chi connectivity index (χ2n) is 20.5. The third-order valence-electron chi connectivity index (χ3n) is 13.2. The molecule has 12 heteroatoms. The molecule has 0 aliphatic rings. The van der Waals surface area contributed by atoms with Gasteiger partial charge in [0.2, 0.25) is 0 Å². The van der Waals surface area contributed by atoms with Crippen molar-refractivity contribution in [1.82, 2.24) is 0 Å². The molecule has 0 heterocycles. The molecule has 0 aromatic rings. The average Bonchev–Trinajstić information content (AvgIpc) is 3.39. The maximum Gasteiger partial charge on any atom is 0.472 e.